The first-order valence-corrected chi connectivity index (χ1v) is 9.70. The van der Waals surface area contributed by atoms with Crippen molar-refractivity contribution in [2.45, 2.75) is 33.2 Å². The minimum Gasteiger partial charge on any atom is -0.316 e. The van der Waals surface area contributed by atoms with Crippen molar-refractivity contribution in [2.75, 3.05) is 0 Å². The smallest absolute Gasteiger partial charge is 0.279 e. The number of carbonyl (C=O) groups excluding carboxylic acids is 1. The predicted molar refractivity (Wildman–Crippen MR) is 104 cm³/mol. The Balaban J connectivity index is 2.13. The Morgan fingerprint density at radius 1 is 1.21 bits per heavy atom. The molecule has 0 saturated heterocycles. The number of nitrogens with zero attached hydrogens (tertiary/aromatic N) is 2. The van der Waals surface area contributed by atoms with E-state index in [0.717, 1.165) is 34.2 Å². The van der Waals surface area contributed by atoms with Gasteiger partial charge in [0, 0.05) is 16.6 Å². The fourth-order valence-corrected chi connectivity index (χ4v) is 4.15. The molecule has 2 aromatic carbocycles. The Hall–Kier alpha value is -1.72. The second kappa shape index (κ2) is 7.45. The monoisotopic (exact) mass is 402 g/mol. The second-order valence-electron chi connectivity index (χ2n) is 5.62. The minimum atomic E-state index is -0.205. The van der Waals surface area contributed by atoms with E-state index in [1.54, 1.807) is 23.5 Å². The molecule has 1 amide bonds. The van der Waals surface area contributed by atoms with Gasteiger partial charge in [-0.3, -0.25) is 4.79 Å². The Kier molecular flexibility index (Phi) is 5.31. The number of thiazole rings is 1. The van der Waals surface area contributed by atoms with Gasteiger partial charge < -0.3 is 4.57 Å². The molecule has 0 atom stereocenters. The number of carbonyl (C=O) groups is 1. The average molecular weight is 403 g/mol. The number of halogens is 1. The molecule has 1 aromatic heterocycles. The second-order valence-corrected chi connectivity index (χ2v) is 7.54. The van der Waals surface area contributed by atoms with E-state index in [0.29, 0.717) is 5.56 Å². The van der Waals surface area contributed by atoms with Crippen LogP contribution in [0.1, 0.15) is 36.2 Å². The number of hydrogen-bond donors (Lipinski definition) is 0. The highest BCUT2D eigenvalue weighted by Gasteiger charge is 2.09. The Morgan fingerprint density at radius 3 is 2.75 bits per heavy atom. The van der Waals surface area contributed by atoms with Crippen LogP contribution in [-0.2, 0) is 13.0 Å². The highest BCUT2D eigenvalue weighted by molar-refractivity contribution is 9.10. The van der Waals surface area contributed by atoms with Crippen molar-refractivity contribution in [1.29, 1.82) is 0 Å². The van der Waals surface area contributed by atoms with Crippen LogP contribution in [0.4, 0.5) is 0 Å². The number of aryl methyl sites for hydroxylation is 2. The van der Waals surface area contributed by atoms with Crippen molar-refractivity contribution in [3.8, 4) is 0 Å². The van der Waals surface area contributed by atoms with Crippen molar-refractivity contribution >= 4 is 43.4 Å². The van der Waals surface area contributed by atoms with Crippen molar-refractivity contribution in [2.24, 2.45) is 4.99 Å². The number of fused-ring (bicyclic) bond motifs is 1. The van der Waals surface area contributed by atoms with Crippen LogP contribution >= 0.6 is 27.3 Å². The van der Waals surface area contributed by atoms with Crippen LogP contribution in [0.5, 0.6) is 0 Å². The molecular weight excluding hydrogens is 384 g/mol. The molecule has 3 rings (SSSR count). The van der Waals surface area contributed by atoms with Gasteiger partial charge in [0.15, 0.2) is 4.80 Å². The zero-order valence-corrected chi connectivity index (χ0v) is 16.2. The van der Waals surface area contributed by atoms with E-state index in [1.807, 2.05) is 12.1 Å². The molecule has 1 heterocycles. The summed E-state index contributed by atoms with van der Waals surface area (Å²) in [6, 6.07) is 13.9. The van der Waals surface area contributed by atoms with Gasteiger partial charge in [0.25, 0.3) is 5.91 Å². The van der Waals surface area contributed by atoms with Crippen molar-refractivity contribution in [3.63, 3.8) is 0 Å². The van der Waals surface area contributed by atoms with Gasteiger partial charge in [-0.1, -0.05) is 53.2 Å². The Bertz CT molecular complexity index is 955. The fourth-order valence-electron chi connectivity index (χ4n) is 2.64. The maximum Gasteiger partial charge on any atom is 0.279 e. The Morgan fingerprint density at radius 2 is 2.04 bits per heavy atom. The normalized spacial score (nSPS) is 12.0. The number of rotatable bonds is 4. The van der Waals surface area contributed by atoms with Crippen LogP contribution < -0.4 is 4.80 Å². The van der Waals surface area contributed by atoms with Crippen LogP contribution in [0.15, 0.2) is 51.9 Å². The quantitative estimate of drug-likeness (QED) is 0.591. The third kappa shape index (κ3) is 3.52. The zero-order valence-electron chi connectivity index (χ0n) is 13.8. The van der Waals surface area contributed by atoms with Crippen LogP contribution in [0.3, 0.4) is 0 Å². The summed E-state index contributed by atoms with van der Waals surface area (Å²) in [7, 11) is 0. The van der Waals surface area contributed by atoms with E-state index in [2.05, 4.69) is 57.5 Å². The van der Waals surface area contributed by atoms with E-state index in [9.17, 15) is 4.79 Å². The summed E-state index contributed by atoms with van der Waals surface area (Å²) in [5.74, 6) is -0.205. The van der Waals surface area contributed by atoms with Gasteiger partial charge in [-0.2, -0.15) is 4.99 Å². The predicted octanol–water partition coefficient (Wildman–Crippen LogP) is 5.18. The Labute approximate surface area is 153 Å². The molecular formula is C19H19BrN2OS. The molecule has 0 N–H and O–H groups in total. The molecule has 3 nitrogen and oxygen atoms in total. The van der Waals surface area contributed by atoms with Gasteiger partial charge in [0.2, 0.25) is 0 Å². The molecule has 0 aliphatic heterocycles. The lowest BCUT2D eigenvalue weighted by atomic mass is 10.2. The SMILES string of the molecule is CCCn1c(=NC(=O)c2cccc(Br)c2)sc2cc(CC)ccc21. The first-order chi connectivity index (χ1) is 11.6. The summed E-state index contributed by atoms with van der Waals surface area (Å²) in [5, 5.41) is 0. The van der Waals surface area contributed by atoms with Crippen molar-refractivity contribution in [1.82, 2.24) is 4.57 Å². The molecule has 124 valence electrons. The van der Waals surface area contributed by atoms with E-state index in [4.69, 9.17) is 0 Å². The van der Waals surface area contributed by atoms with Crippen LogP contribution in [-0.4, -0.2) is 10.5 Å². The lowest BCUT2D eigenvalue weighted by Gasteiger charge is -2.03. The van der Waals surface area contributed by atoms with Gasteiger partial charge >= 0.3 is 0 Å². The molecule has 0 unspecified atom stereocenters. The molecule has 0 saturated carbocycles. The summed E-state index contributed by atoms with van der Waals surface area (Å²) < 4.78 is 4.22. The van der Waals surface area contributed by atoms with E-state index >= 15 is 0 Å². The molecule has 0 fully saturated rings. The molecule has 24 heavy (non-hydrogen) atoms. The average Bonchev–Trinajstić information content (AvgIpc) is 2.91. The van der Waals surface area contributed by atoms with E-state index < -0.39 is 0 Å². The molecule has 0 aliphatic carbocycles. The third-order valence-electron chi connectivity index (χ3n) is 3.87. The van der Waals surface area contributed by atoms with Crippen LogP contribution in [0.25, 0.3) is 10.2 Å². The molecule has 3 aromatic rings. The largest absolute Gasteiger partial charge is 0.316 e. The van der Waals surface area contributed by atoms with Gasteiger partial charge in [-0.05, 0) is 48.7 Å². The minimum absolute atomic E-state index is 0.205. The molecule has 0 radical (unpaired) electrons. The van der Waals surface area contributed by atoms with Crippen LogP contribution in [0, 0.1) is 0 Å². The number of aromatic nitrogens is 1. The third-order valence-corrected chi connectivity index (χ3v) is 5.41. The fraction of sp³-hybridized carbons (Fsp3) is 0.263. The highest BCUT2D eigenvalue weighted by atomic mass is 79.9. The topological polar surface area (TPSA) is 34.4 Å². The standard InChI is InChI=1S/C19H19BrN2OS/c1-3-10-22-16-9-8-13(4-2)11-17(16)24-19(22)21-18(23)14-6-5-7-15(20)12-14/h5-9,11-12H,3-4,10H2,1-2H3. The van der Waals surface area contributed by atoms with E-state index in [1.165, 1.54) is 10.3 Å². The maximum atomic E-state index is 12.5. The molecule has 0 spiro atoms. The first-order valence-electron chi connectivity index (χ1n) is 8.09. The lowest BCUT2D eigenvalue weighted by molar-refractivity contribution is 0.0997. The van der Waals surface area contributed by atoms with Crippen molar-refractivity contribution in [3.05, 3.63) is 62.9 Å². The van der Waals surface area contributed by atoms with E-state index in [-0.39, 0.29) is 5.91 Å². The number of benzene rings is 2. The lowest BCUT2D eigenvalue weighted by Crippen LogP contribution is -2.16. The summed E-state index contributed by atoms with van der Waals surface area (Å²) in [5.41, 5.74) is 3.05. The molecule has 5 heteroatoms. The molecule has 0 aliphatic rings. The first kappa shape index (κ1) is 17.1. The number of hydrogen-bond acceptors (Lipinski definition) is 2. The number of amides is 1. The highest BCUT2D eigenvalue weighted by Crippen LogP contribution is 2.20. The van der Waals surface area contributed by atoms with Crippen LogP contribution in [0.2, 0.25) is 0 Å². The van der Waals surface area contributed by atoms with Crippen molar-refractivity contribution < 1.29 is 4.79 Å². The summed E-state index contributed by atoms with van der Waals surface area (Å²) >= 11 is 4.99. The summed E-state index contributed by atoms with van der Waals surface area (Å²) in [4.78, 5) is 17.7. The maximum absolute atomic E-state index is 12.5. The van der Waals surface area contributed by atoms with Gasteiger partial charge in [0.05, 0.1) is 10.2 Å². The van der Waals surface area contributed by atoms with Gasteiger partial charge in [0.1, 0.15) is 0 Å². The summed E-state index contributed by atoms with van der Waals surface area (Å²) in [6.45, 7) is 5.14. The molecule has 0 bridgehead atoms. The summed E-state index contributed by atoms with van der Waals surface area (Å²) in [6.07, 6.45) is 2.00. The zero-order chi connectivity index (χ0) is 17.1. The van der Waals surface area contributed by atoms with Gasteiger partial charge in [-0.15, -0.1) is 0 Å². The van der Waals surface area contributed by atoms with Gasteiger partial charge in [-0.25, -0.2) is 0 Å².